The zero-order valence-electron chi connectivity index (χ0n) is 12.1. The van der Waals surface area contributed by atoms with Crippen LogP contribution in [0, 0.1) is 6.92 Å². The quantitative estimate of drug-likeness (QED) is 0.786. The molecule has 5 nitrogen and oxygen atoms in total. The second-order valence-electron chi connectivity index (χ2n) is 4.88. The molecular weight excluding hydrogens is 298 g/mol. The van der Waals surface area contributed by atoms with Gasteiger partial charge in [-0.15, -0.1) is 11.3 Å². The number of hydrogen-bond donors (Lipinski definition) is 1. The molecule has 0 atom stereocenters. The van der Waals surface area contributed by atoms with Crippen molar-refractivity contribution in [3.8, 4) is 11.3 Å². The van der Waals surface area contributed by atoms with Crippen LogP contribution in [0.2, 0.25) is 0 Å². The van der Waals surface area contributed by atoms with Crippen molar-refractivity contribution in [1.82, 2.24) is 15.3 Å². The normalized spacial score (nSPS) is 10.6. The molecule has 2 aromatic heterocycles. The average Bonchev–Trinajstić information content (AvgIpc) is 3.19. The van der Waals surface area contributed by atoms with E-state index in [0.717, 1.165) is 16.8 Å². The Morgan fingerprint density at radius 3 is 2.82 bits per heavy atom. The number of carbonyl (C=O) groups excluding carboxylic acids is 1. The first-order chi connectivity index (χ1) is 10.7. The highest BCUT2D eigenvalue weighted by Crippen LogP contribution is 2.23. The first-order valence-electron chi connectivity index (χ1n) is 6.90. The number of aryl methyl sites for hydroxylation is 1. The maximum Gasteiger partial charge on any atom is 0.273 e. The predicted molar refractivity (Wildman–Crippen MR) is 84.8 cm³/mol. The SMILES string of the molecule is Cc1ccc(-c2ocnc2C(=O)NCCc2cscn2)cc1. The first kappa shape index (κ1) is 14.5. The van der Waals surface area contributed by atoms with Gasteiger partial charge in [0.2, 0.25) is 0 Å². The molecule has 2 heterocycles. The maximum atomic E-state index is 12.2. The Morgan fingerprint density at radius 1 is 1.27 bits per heavy atom. The molecule has 1 amide bonds. The number of oxazole rings is 1. The minimum absolute atomic E-state index is 0.237. The molecule has 22 heavy (non-hydrogen) atoms. The van der Waals surface area contributed by atoms with Crippen molar-refractivity contribution in [2.45, 2.75) is 13.3 Å². The summed E-state index contributed by atoms with van der Waals surface area (Å²) < 4.78 is 5.38. The third-order valence-electron chi connectivity index (χ3n) is 3.25. The van der Waals surface area contributed by atoms with Crippen LogP contribution in [-0.2, 0) is 6.42 Å². The van der Waals surface area contributed by atoms with Crippen LogP contribution in [0.25, 0.3) is 11.3 Å². The molecule has 0 spiro atoms. The van der Waals surface area contributed by atoms with Crippen molar-refractivity contribution >= 4 is 17.2 Å². The van der Waals surface area contributed by atoms with Crippen LogP contribution in [0.4, 0.5) is 0 Å². The lowest BCUT2D eigenvalue weighted by Gasteiger charge is -2.04. The van der Waals surface area contributed by atoms with E-state index in [4.69, 9.17) is 4.42 Å². The number of hydrogen-bond acceptors (Lipinski definition) is 5. The van der Waals surface area contributed by atoms with Gasteiger partial charge in [0.15, 0.2) is 17.8 Å². The lowest BCUT2D eigenvalue weighted by atomic mass is 10.1. The van der Waals surface area contributed by atoms with Gasteiger partial charge < -0.3 is 9.73 Å². The molecule has 0 unspecified atom stereocenters. The van der Waals surface area contributed by atoms with Crippen LogP contribution >= 0.6 is 11.3 Å². The van der Waals surface area contributed by atoms with Gasteiger partial charge in [0.1, 0.15) is 0 Å². The standard InChI is InChI=1S/C16H15N3O2S/c1-11-2-4-12(5-3-11)15-14(18-9-21-15)16(20)17-7-6-13-8-22-10-19-13/h2-5,8-10H,6-7H2,1H3,(H,17,20). The third-order valence-corrected chi connectivity index (χ3v) is 3.88. The molecule has 0 aliphatic heterocycles. The molecule has 112 valence electrons. The summed E-state index contributed by atoms with van der Waals surface area (Å²) in [5, 5.41) is 4.82. The fraction of sp³-hybridized carbons (Fsp3) is 0.188. The average molecular weight is 313 g/mol. The highest BCUT2D eigenvalue weighted by molar-refractivity contribution is 7.07. The van der Waals surface area contributed by atoms with Gasteiger partial charge in [0.05, 0.1) is 11.2 Å². The van der Waals surface area contributed by atoms with E-state index in [1.54, 1.807) is 16.8 Å². The topological polar surface area (TPSA) is 68.0 Å². The van der Waals surface area contributed by atoms with Crippen LogP contribution in [0.5, 0.6) is 0 Å². The minimum atomic E-state index is -0.237. The fourth-order valence-corrected chi connectivity index (χ4v) is 2.66. The van der Waals surface area contributed by atoms with Crippen molar-refractivity contribution in [1.29, 1.82) is 0 Å². The molecule has 0 radical (unpaired) electrons. The number of benzene rings is 1. The van der Waals surface area contributed by atoms with E-state index in [0.29, 0.717) is 24.4 Å². The summed E-state index contributed by atoms with van der Waals surface area (Å²) in [6.45, 7) is 2.53. The molecule has 0 aliphatic rings. The van der Waals surface area contributed by atoms with Crippen molar-refractivity contribution < 1.29 is 9.21 Å². The second-order valence-corrected chi connectivity index (χ2v) is 5.60. The van der Waals surface area contributed by atoms with Crippen LogP contribution in [-0.4, -0.2) is 22.4 Å². The van der Waals surface area contributed by atoms with Gasteiger partial charge in [-0.25, -0.2) is 9.97 Å². The van der Waals surface area contributed by atoms with Gasteiger partial charge in [-0.3, -0.25) is 4.79 Å². The van der Waals surface area contributed by atoms with E-state index in [-0.39, 0.29) is 5.91 Å². The number of aromatic nitrogens is 2. The summed E-state index contributed by atoms with van der Waals surface area (Å²) in [4.78, 5) is 20.5. The van der Waals surface area contributed by atoms with Crippen molar-refractivity contribution in [2.75, 3.05) is 6.54 Å². The van der Waals surface area contributed by atoms with Crippen molar-refractivity contribution in [3.63, 3.8) is 0 Å². The Labute approximate surface area is 132 Å². The van der Waals surface area contributed by atoms with E-state index < -0.39 is 0 Å². The molecule has 1 aromatic carbocycles. The largest absolute Gasteiger partial charge is 0.443 e. The van der Waals surface area contributed by atoms with Crippen LogP contribution in [0.3, 0.4) is 0 Å². The Bertz CT molecular complexity index is 748. The third kappa shape index (κ3) is 3.23. The Morgan fingerprint density at radius 2 is 2.09 bits per heavy atom. The first-order valence-corrected chi connectivity index (χ1v) is 7.84. The number of carbonyl (C=O) groups is 1. The second kappa shape index (κ2) is 6.53. The summed E-state index contributed by atoms with van der Waals surface area (Å²) in [7, 11) is 0. The number of thiazole rings is 1. The number of amides is 1. The Balaban J connectivity index is 1.68. The van der Waals surface area contributed by atoms with Gasteiger partial charge in [-0.1, -0.05) is 29.8 Å². The Hall–Kier alpha value is -2.47. The van der Waals surface area contributed by atoms with E-state index in [1.165, 1.54) is 6.39 Å². The molecule has 3 rings (SSSR count). The number of nitrogens with zero attached hydrogens (tertiary/aromatic N) is 2. The van der Waals surface area contributed by atoms with Crippen molar-refractivity contribution in [2.24, 2.45) is 0 Å². The zero-order chi connectivity index (χ0) is 15.4. The fourth-order valence-electron chi connectivity index (χ4n) is 2.07. The number of nitrogens with one attached hydrogen (secondary N) is 1. The monoisotopic (exact) mass is 313 g/mol. The molecular formula is C16H15N3O2S. The highest BCUT2D eigenvalue weighted by Gasteiger charge is 2.17. The summed E-state index contributed by atoms with van der Waals surface area (Å²) in [6.07, 6.45) is 2.00. The van der Waals surface area contributed by atoms with Gasteiger partial charge in [0.25, 0.3) is 5.91 Å². The zero-order valence-corrected chi connectivity index (χ0v) is 12.9. The van der Waals surface area contributed by atoms with Gasteiger partial charge in [-0.2, -0.15) is 0 Å². The molecule has 6 heteroatoms. The highest BCUT2D eigenvalue weighted by atomic mass is 32.1. The lowest BCUT2D eigenvalue weighted by molar-refractivity contribution is 0.0950. The maximum absolute atomic E-state index is 12.2. The smallest absolute Gasteiger partial charge is 0.273 e. The molecule has 0 fully saturated rings. The summed E-state index contributed by atoms with van der Waals surface area (Å²) in [5.41, 5.74) is 5.06. The van der Waals surface area contributed by atoms with Crippen LogP contribution < -0.4 is 5.32 Å². The molecule has 0 bridgehead atoms. The molecule has 0 aliphatic carbocycles. The Kier molecular flexibility index (Phi) is 4.29. The molecule has 0 saturated carbocycles. The van der Waals surface area contributed by atoms with E-state index in [9.17, 15) is 4.79 Å². The van der Waals surface area contributed by atoms with Crippen LogP contribution in [0.15, 0.2) is 46.0 Å². The van der Waals surface area contributed by atoms with E-state index >= 15 is 0 Å². The summed E-state index contributed by atoms with van der Waals surface area (Å²) >= 11 is 1.55. The van der Waals surface area contributed by atoms with Gasteiger partial charge in [0, 0.05) is 23.9 Å². The van der Waals surface area contributed by atoms with Gasteiger partial charge in [-0.05, 0) is 6.92 Å². The van der Waals surface area contributed by atoms with E-state index in [2.05, 4.69) is 15.3 Å². The van der Waals surface area contributed by atoms with Gasteiger partial charge >= 0.3 is 0 Å². The molecule has 3 aromatic rings. The molecule has 0 saturated heterocycles. The minimum Gasteiger partial charge on any atom is -0.443 e. The summed E-state index contributed by atoms with van der Waals surface area (Å²) in [6, 6.07) is 7.79. The number of rotatable bonds is 5. The van der Waals surface area contributed by atoms with E-state index in [1.807, 2.05) is 36.6 Å². The lowest BCUT2D eigenvalue weighted by Crippen LogP contribution is -2.26. The van der Waals surface area contributed by atoms with Crippen LogP contribution in [0.1, 0.15) is 21.7 Å². The summed E-state index contributed by atoms with van der Waals surface area (Å²) in [5.74, 6) is 0.255. The predicted octanol–water partition coefficient (Wildman–Crippen LogP) is 3.08. The molecule has 1 N–H and O–H groups in total. The van der Waals surface area contributed by atoms with Crippen molar-refractivity contribution in [3.05, 3.63) is 58.5 Å².